The van der Waals surface area contributed by atoms with Gasteiger partial charge < -0.3 is 4.90 Å². The Hall–Kier alpha value is -1.05. The molecule has 0 unspecified atom stereocenters. The zero-order chi connectivity index (χ0) is 7.56. The molecule has 0 saturated carbocycles. The maximum atomic E-state index is 10.8. The number of carbonyl (C=O) groups is 1. The van der Waals surface area contributed by atoms with E-state index in [1.54, 1.807) is 11.8 Å². The average Bonchev–Trinajstić information content (AvgIpc) is 1.88. The Morgan fingerprint density at radius 1 is 1.80 bits per heavy atom. The summed E-state index contributed by atoms with van der Waals surface area (Å²) in [5.74, 6) is 0.116. The zero-order valence-electron chi connectivity index (χ0n) is 6.13. The molecule has 0 radical (unpaired) electrons. The Morgan fingerprint density at radius 2 is 2.50 bits per heavy atom. The van der Waals surface area contributed by atoms with E-state index in [-0.39, 0.29) is 5.91 Å². The maximum Gasteiger partial charge on any atom is 0.220 e. The molecule has 0 atom stereocenters. The van der Waals surface area contributed by atoms with Gasteiger partial charge in [0.2, 0.25) is 5.91 Å². The van der Waals surface area contributed by atoms with Crippen LogP contribution in [-0.4, -0.2) is 23.9 Å². The van der Waals surface area contributed by atoms with Crippen LogP contribution in [0.5, 0.6) is 0 Å². The highest BCUT2D eigenvalue weighted by Crippen LogP contribution is 2.05. The van der Waals surface area contributed by atoms with Crippen LogP contribution < -0.4 is 0 Å². The highest BCUT2D eigenvalue weighted by molar-refractivity contribution is 5.74. The molecule has 54 valence electrons. The van der Waals surface area contributed by atoms with Crippen molar-refractivity contribution in [2.75, 3.05) is 13.1 Å². The quantitative estimate of drug-likeness (QED) is 0.487. The predicted octanol–water partition coefficient (Wildman–Crippen LogP) is 0.961. The van der Waals surface area contributed by atoms with Gasteiger partial charge in [0.1, 0.15) is 0 Å². The third kappa shape index (κ3) is 1.47. The van der Waals surface area contributed by atoms with Gasteiger partial charge in [0.25, 0.3) is 0 Å². The second kappa shape index (κ2) is 2.69. The summed E-state index contributed by atoms with van der Waals surface area (Å²) in [5, 5.41) is 0. The van der Waals surface area contributed by atoms with E-state index in [1.165, 1.54) is 0 Å². The SMILES string of the molecule is C=C1C=CCN(C(C)=O)C1. The third-order valence-electron chi connectivity index (χ3n) is 1.52. The van der Waals surface area contributed by atoms with Gasteiger partial charge in [0.05, 0.1) is 0 Å². The molecule has 0 aromatic rings. The Morgan fingerprint density at radius 3 is 2.90 bits per heavy atom. The normalized spacial score (nSPS) is 17.7. The molecule has 1 amide bonds. The number of hydrogen-bond donors (Lipinski definition) is 0. The first-order valence-corrected chi connectivity index (χ1v) is 3.30. The maximum absolute atomic E-state index is 10.8. The molecule has 1 aliphatic heterocycles. The largest absolute Gasteiger partial charge is 0.335 e. The average molecular weight is 137 g/mol. The summed E-state index contributed by atoms with van der Waals surface area (Å²) in [6.07, 6.45) is 3.91. The van der Waals surface area contributed by atoms with Crippen LogP contribution in [0.15, 0.2) is 24.3 Å². The molecular formula is C8H11NO. The van der Waals surface area contributed by atoms with Crippen LogP contribution in [0.25, 0.3) is 0 Å². The van der Waals surface area contributed by atoms with Crippen LogP contribution in [0.3, 0.4) is 0 Å². The molecule has 1 aliphatic rings. The highest BCUT2D eigenvalue weighted by atomic mass is 16.2. The Labute approximate surface area is 60.8 Å². The molecule has 0 N–H and O–H groups in total. The van der Waals surface area contributed by atoms with Gasteiger partial charge in [-0.15, -0.1) is 0 Å². The van der Waals surface area contributed by atoms with Crippen molar-refractivity contribution < 1.29 is 4.79 Å². The molecule has 2 nitrogen and oxygen atoms in total. The summed E-state index contributed by atoms with van der Waals surface area (Å²) < 4.78 is 0. The summed E-state index contributed by atoms with van der Waals surface area (Å²) in [7, 11) is 0. The van der Waals surface area contributed by atoms with Crippen LogP contribution in [-0.2, 0) is 4.79 Å². The summed E-state index contributed by atoms with van der Waals surface area (Å²) in [6.45, 7) is 6.76. The fraction of sp³-hybridized carbons (Fsp3) is 0.375. The number of nitrogens with zero attached hydrogens (tertiary/aromatic N) is 1. The van der Waals surface area contributed by atoms with Crippen molar-refractivity contribution in [2.24, 2.45) is 0 Å². The van der Waals surface area contributed by atoms with Crippen molar-refractivity contribution in [1.82, 2.24) is 4.90 Å². The first kappa shape index (κ1) is 7.06. The van der Waals surface area contributed by atoms with E-state index in [4.69, 9.17) is 0 Å². The molecule has 0 fully saturated rings. The lowest BCUT2D eigenvalue weighted by Gasteiger charge is -2.22. The van der Waals surface area contributed by atoms with Gasteiger partial charge in [0, 0.05) is 20.0 Å². The lowest BCUT2D eigenvalue weighted by molar-refractivity contribution is -0.128. The van der Waals surface area contributed by atoms with E-state index in [2.05, 4.69) is 6.58 Å². The standard InChI is InChI=1S/C8H11NO/c1-7-4-3-5-9(6-7)8(2)10/h3-4H,1,5-6H2,2H3. The summed E-state index contributed by atoms with van der Waals surface area (Å²) >= 11 is 0. The number of rotatable bonds is 0. The monoisotopic (exact) mass is 137 g/mol. The third-order valence-corrected chi connectivity index (χ3v) is 1.52. The molecular weight excluding hydrogens is 126 g/mol. The first-order valence-electron chi connectivity index (χ1n) is 3.30. The van der Waals surface area contributed by atoms with Crippen LogP contribution in [0.4, 0.5) is 0 Å². The van der Waals surface area contributed by atoms with E-state index >= 15 is 0 Å². The van der Waals surface area contributed by atoms with Crippen LogP contribution in [0.2, 0.25) is 0 Å². The van der Waals surface area contributed by atoms with Crippen molar-refractivity contribution in [2.45, 2.75) is 6.92 Å². The molecule has 10 heavy (non-hydrogen) atoms. The summed E-state index contributed by atoms with van der Waals surface area (Å²) in [6, 6.07) is 0. The van der Waals surface area contributed by atoms with E-state index in [0.717, 1.165) is 12.1 Å². The van der Waals surface area contributed by atoms with E-state index < -0.39 is 0 Å². The molecule has 0 spiro atoms. The fourth-order valence-electron chi connectivity index (χ4n) is 0.949. The first-order chi connectivity index (χ1) is 4.70. The van der Waals surface area contributed by atoms with Crippen molar-refractivity contribution in [3.8, 4) is 0 Å². The molecule has 0 bridgehead atoms. The smallest absolute Gasteiger partial charge is 0.220 e. The van der Waals surface area contributed by atoms with Crippen LogP contribution in [0, 0.1) is 0 Å². The van der Waals surface area contributed by atoms with E-state index in [0.29, 0.717) is 6.54 Å². The van der Waals surface area contributed by atoms with Gasteiger partial charge in [-0.05, 0) is 5.57 Å². The van der Waals surface area contributed by atoms with Gasteiger partial charge in [-0.2, -0.15) is 0 Å². The van der Waals surface area contributed by atoms with Gasteiger partial charge in [-0.3, -0.25) is 4.79 Å². The summed E-state index contributed by atoms with van der Waals surface area (Å²) in [4.78, 5) is 12.5. The van der Waals surface area contributed by atoms with Crippen LogP contribution in [0.1, 0.15) is 6.92 Å². The van der Waals surface area contributed by atoms with Gasteiger partial charge in [-0.1, -0.05) is 18.7 Å². The van der Waals surface area contributed by atoms with Crippen LogP contribution >= 0.6 is 0 Å². The Balaban J connectivity index is 2.60. The molecule has 0 aromatic heterocycles. The number of amides is 1. The molecule has 2 heteroatoms. The highest BCUT2D eigenvalue weighted by Gasteiger charge is 2.09. The molecule has 1 heterocycles. The summed E-state index contributed by atoms with van der Waals surface area (Å²) in [5.41, 5.74) is 1.00. The molecule has 0 aliphatic carbocycles. The number of carbonyl (C=O) groups excluding carboxylic acids is 1. The van der Waals surface area contributed by atoms with Crippen molar-refractivity contribution in [3.63, 3.8) is 0 Å². The van der Waals surface area contributed by atoms with Crippen molar-refractivity contribution in [1.29, 1.82) is 0 Å². The predicted molar refractivity (Wildman–Crippen MR) is 40.5 cm³/mol. The number of hydrogen-bond acceptors (Lipinski definition) is 1. The molecule has 0 saturated heterocycles. The fourth-order valence-corrected chi connectivity index (χ4v) is 0.949. The minimum absolute atomic E-state index is 0.116. The van der Waals surface area contributed by atoms with Gasteiger partial charge in [0.15, 0.2) is 0 Å². The lowest BCUT2D eigenvalue weighted by atomic mass is 10.2. The Kier molecular flexibility index (Phi) is 1.90. The lowest BCUT2D eigenvalue weighted by Crippen LogP contribution is -2.32. The van der Waals surface area contributed by atoms with E-state index in [1.807, 2.05) is 12.2 Å². The zero-order valence-corrected chi connectivity index (χ0v) is 6.13. The molecule has 1 rings (SSSR count). The van der Waals surface area contributed by atoms with Crippen molar-refractivity contribution in [3.05, 3.63) is 24.3 Å². The minimum Gasteiger partial charge on any atom is -0.335 e. The molecule has 0 aromatic carbocycles. The van der Waals surface area contributed by atoms with Gasteiger partial charge >= 0.3 is 0 Å². The minimum atomic E-state index is 0.116. The second-order valence-electron chi connectivity index (χ2n) is 2.46. The Bertz CT molecular complexity index is 193. The van der Waals surface area contributed by atoms with Gasteiger partial charge in [-0.25, -0.2) is 0 Å². The topological polar surface area (TPSA) is 20.3 Å². The second-order valence-corrected chi connectivity index (χ2v) is 2.46. The van der Waals surface area contributed by atoms with Crippen molar-refractivity contribution >= 4 is 5.91 Å². The van der Waals surface area contributed by atoms with E-state index in [9.17, 15) is 4.79 Å².